The van der Waals surface area contributed by atoms with Crippen LogP contribution in [0.1, 0.15) is 25.7 Å². The van der Waals surface area contributed by atoms with Gasteiger partial charge in [-0.15, -0.1) is 0 Å². The van der Waals surface area contributed by atoms with E-state index in [0.717, 1.165) is 19.3 Å². The summed E-state index contributed by atoms with van der Waals surface area (Å²) in [6.07, 6.45) is -1.92. The Balaban J connectivity index is 3.25. The third kappa shape index (κ3) is 8.49. The Labute approximate surface area is 92.0 Å². The van der Waals surface area contributed by atoms with Gasteiger partial charge in [-0.25, -0.2) is 9.78 Å². The quantitative estimate of drug-likeness (QED) is 0.402. The molecule has 0 saturated carbocycles. The molecule has 0 aliphatic heterocycles. The summed E-state index contributed by atoms with van der Waals surface area (Å²) < 4.78 is 35.2. The fraction of sp³-hybridized carbons (Fsp3) is 0.889. The van der Waals surface area contributed by atoms with Gasteiger partial charge in [-0.2, -0.15) is 13.2 Å². The van der Waals surface area contributed by atoms with Gasteiger partial charge < -0.3 is 5.32 Å². The predicted octanol–water partition coefficient (Wildman–Crippen LogP) is 1.80. The largest absolute Gasteiger partial charge is 0.471 e. The van der Waals surface area contributed by atoms with Crippen molar-refractivity contribution in [3.05, 3.63) is 0 Å². The monoisotopic (exact) mass is 243 g/mol. The number of alkyl halides is 3. The van der Waals surface area contributed by atoms with Gasteiger partial charge in [-0.1, -0.05) is 12.8 Å². The number of carbonyl (C=O) groups is 1. The first kappa shape index (κ1) is 15.2. The summed E-state index contributed by atoms with van der Waals surface area (Å²) in [7, 11) is 1.41. The van der Waals surface area contributed by atoms with Gasteiger partial charge in [0.1, 0.15) is 0 Å². The minimum absolute atomic E-state index is 0.0451. The van der Waals surface area contributed by atoms with Crippen molar-refractivity contribution in [2.75, 3.05) is 20.3 Å². The lowest BCUT2D eigenvalue weighted by Gasteiger charge is -2.07. The molecule has 16 heavy (non-hydrogen) atoms. The molecule has 7 heteroatoms. The first-order valence-electron chi connectivity index (χ1n) is 4.99. The van der Waals surface area contributed by atoms with Crippen molar-refractivity contribution in [1.82, 2.24) is 5.32 Å². The second-order valence-corrected chi connectivity index (χ2v) is 3.16. The highest BCUT2D eigenvalue weighted by Gasteiger charge is 2.38. The molecule has 0 bridgehead atoms. The van der Waals surface area contributed by atoms with E-state index in [1.807, 2.05) is 0 Å². The first-order valence-corrected chi connectivity index (χ1v) is 4.99. The van der Waals surface area contributed by atoms with Crippen LogP contribution >= 0.6 is 0 Å². The number of nitrogens with one attached hydrogen (secondary N) is 1. The minimum atomic E-state index is -4.79. The van der Waals surface area contributed by atoms with E-state index in [1.165, 1.54) is 7.11 Å². The van der Waals surface area contributed by atoms with Gasteiger partial charge in [0.15, 0.2) is 0 Å². The molecule has 0 aromatic carbocycles. The molecular weight excluding hydrogens is 227 g/mol. The number of hydrogen-bond acceptors (Lipinski definition) is 3. The van der Waals surface area contributed by atoms with Crippen LogP contribution < -0.4 is 5.32 Å². The normalized spacial score (nSPS) is 11.5. The SMILES string of the molecule is COOCCCCCCNC(=O)C(F)(F)F. The van der Waals surface area contributed by atoms with Gasteiger partial charge in [0.2, 0.25) is 0 Å². The van der Waals surface area contributed by atoms with Crippen LogP contribution in [-0.2, 0) is 14.6 Å². The van der Waals surface area contributed by atoms with Crippen molar-refractivity contribution in [2.45, 2.75) is 31.9 Å². The fourth-order valence-electron chi connectivity index (χ4n) is 1.03. The molecule has 0 aromatic rings. The Bertz CT molecular complexity index is 197. The van der Waals surface area contributed by atoms with Crippen molar-refractivity contribution in [3.63, 3.8) is 0 Å². The van der Waals surface area contributed by atoms with Crippen LogP contribution in [0.5, 0.6) is 0 Å². The summed E-state index contributed by atoms with van der Waals surface area (Å²) in [6, 6.07) is 0. The number of hydrogen-bond donors (Lipinski definition) is 1. The van der Waals surface area contributed by atoms with E-state index in [1.54, 1.807) is 5.32 Å². The third-order valence-corrected chi connectivity index (χ3v) is 1.82. The molecule has 0 heterocycles. The molecule has 0 unspecified atom stereocenters. The van der Waals surface area contributed by atoms with Crippen molar-refractivity contribution in [1.29, 1.82) is 0 Å². The molecule has 0 radical (unpaired) electrons. The predicted molar refractivity (Wildman–Crippen MR) is 50.5 cm³/mol. The van der Waals surface area contributed by atoms with E-state index in [4.69, 9.17) is 0 Å². The van der Waals surface area contributed by atoms with E-state index >= 15 is 0 Å². The Morgan fingerprint density at radius 3 is 2.38 bits per heavy atom. The Morgan fingerprint density at radius 1 is 1.19 bits per heavy atom. The Kier molecular flexibility index (Phi) is 7.92. The van der Waals surface area contributed by atoms with E-state index in [9.17, 15) is 18.0 Å². The summed E-state index contributed by atoms with van der Waals surface area (Å²) in [6.45, 7) is 0.509. The van der Waals surface area contributed by atoms with E-state index in [0.29, 0.717) is 13.0 Å². The fourth-order valence-corrected chi connectivity index (χ4v) is 1.03. The molecule has 1 N–H and O–H groups in total. The number of rotatable bonds is 8. The van der Waals surface area contributed by atoms with Crippen LogP contribution in [0.2, 0.25) is 0 Å². The summed E-state index contributed by atoms with van der Waals surface area (Å²) >= 11 is 0. The lowest BCUT2D eigenvalue weighted by Crippen LogP contribution is -2.37. The number of carbonyl (C=O) groups excluding carboxylic acids is 1. The van der Waals surface area contributed by atoms with Crippen LogP contribution in [0.15, 0.2) is 0 Å². The smallest absolute Gasteiger partial charge is 0.348 e. The maximum Gasteiger partial charge on any atom is 0.471 e. The average Bonchev–Trinajstić information content (AvgIpc) is 2.20. The van der Waals surface area contributed by atoms with Gasteiger partial charge in [-0.3, -0.25) is 4.79 Å². The zero-order valence-electron chi connectivity index (χ0n) is 9.10. The summed E-state index contributed by atoms with van der Waals surface area (Å²) in [5.74, 6) is -1.88. The van der Waals surface area contributed by atoms with E-state index in [2.05, 4.69) is 9.78 Å². The minimum Gasteiger partial charge on any atom is -0.348 e. The highest BCUT2D eigenvalue weighted by Crippen LogP contribution is 2.13. The lowest BCUT2D eigenvalue weighted by atomic mass is 10.2. The molecule has 0 fully saturated rings. The first-order chi connectivity index (χ1) is 7.48. The van der Waals surface area contributed by atoms with E-state index in [-0.39, 0.29) is 6.54 Å². The molecule has 0 aliphatic rings. The summed E-state index contributed by atoms with van der Waals surface area (Å²) in [5, 5.41) is 1.80. The maximum absolute atomic E-state index is 11.7. The van der Waals surface area contributed by atoms with Crippen LogP contribution in [0.25, 0.3) is 0 Å². The molecule has 0 spiro atoms. The van der Waals surface area contributed by atoms with Gasteiger partial charge in [0.25, 0.3) is 0 Å². The van der Waals surface area contributed by atoms with Gasteiger partial charge in [0, 0.05) is 6.54 Å². The second kappa shape index (κ2) is 8.35. The average molecular weight is 243 g/mol. The Hall–Kier alpha value is -0.820. The second-order valence-electron chi connectivity index (χ2n) is 3.16. The molecule has 96 valence electrons. The molecule has 1 amide bonds. The molecule has 0 atom stereocenters. The highest BCUT2D eigenvalue weighted by molar-refractivity contribution is 5.81. The van der Waals surface area contributed by atoms with Gasteiger partial charge in [-0.05, 0) is 12.8 Å². The van der Waals surface area contributed by atoms with Gasteiger partial charge in [0.05, 0.1) is 13.7 Å². The third-order valence-electron chi connectivity index (χ3n) is 1.82. The topological polar surface area (TPSA) is 47.6 Å². The lowest BCUT2D eigenvalue weighted by molar-refractivity contribution is -0.272. The molecule has 4 nitrogen and oxygen atoms in total. The number of halogens is 3. The van der Waals surface area contributed by atoms with Crippen molar-refractivity contribution in [3.8, 4) is 0 Å². The van der Waals surface area contributed by atoms with Crippen molar-refractivity contribution < 1.29 is 27.7 Å². The van der Waals surface area contributed by atoms with Crippen LogP contribution in [-0.4, -0.2) is 32.3 Å². The van der Waals surface area contributed by atoms with Crippen LogP contribution in [0, 0.1) is 0 Å². The molecular formula is C9H16F3NO3. The van der Waals surface area contributed by atoms with Crippen molar-refractivity contribution in [2.24, 2.45) is 0 Å². The maximum atomic E-state index is 11.7. The van der Waals surface area contributed by atoms with Crippen molar-refractivity contribution >= 4 is 5.91 Å². The summed E-state index contributed by atoms with van der Waals surface area (Å²) in [4.78, 5) is 19.3. The van der Waals surface area contributed by atoms with Crippen LogP contribution in [0.3, 0.4) is 0 Å². The Morgan fingerprint density at radius 2 is 1.81 bits per heavy atom. The summed E-state index contributed by atoms with van der Waals surface area (Å²) in [5.41, 5.74) is 0. The number of unbranched alkanes of at least 4 members (excludes halogenated alkanes) is 3. The zero-order chi connectivity index (χ0) is 12.4. The van der Waals surface area contributed by atoms with Gasteiger partial charge >= 0.3 is 12.1 Å². The van der Waals surface area contributed by atoms with Crippen LogP contribution in [0.4, 0.5) is 13.2 Å². The molecule has 0 saturated heterocycles. The highest BCUT2D eigenvalue weighted by atomic mass is 19.4. The zero-order valence-corrected chi connectivity index (χ0v) is 9.10. The molecule has 0 rings (SSSR count). The number of amides is 1. The van der Waals surface area contributed by atoms with E-state index < -0.39 is 12.1 Å². The standard InChI is InChI=1S/C9H16F3NO3/c1-15-16-7-5-3-2-4-6-13-8(14)9(10,11)12/h2-7H2,1H3,(H,13,14). The molecule has 0 aliphatic carbocycles. The molecule has 0 aromatic heterocycles.